The Bertz CT molecular complexity index is 1240. The van der Waals surface area contributed by atoms with Gasteiger partial charge in [-0.25, -0.2) is 9.78 Å². The van der Waals surface area contributed by atoms with Gasteiger partial charge in [0.25, 0.3) is 0 Å². The minimum atomic E-state index is -0.286. The summed E-state index contributed by atoms with van der Waals surface area (Å²) in [4.78, 5) is 36.8. The van der Waals surface area contributed by atoms with Crippen LogP contribution >= 0.6 is 11.3 Å². The SMILES string of the molecule is CCNC(=O)Nc1nc2cc(-c3ccc(CC(C)=O)nc3)cc(-c3ccccn3)c2s1. The van der Waals surface area contributed by atoms with Gasteiger partial charge >= 0.3 is 6.03 Å². The van der Waals surface area contributed by atoms with Crippen LogP contribution in [0, 0.1) is 0 Å². The summed E-state index contributed by atoms with van der Waals surface area (Å²) in [5, 5.41) is 6.02. The van der Waals surface area contributed by atoms with Gasteiger partial charge in [-0.15, -0.1) is 0 Å². The number of amides is 2. The number of fused-ring (bicyclic) bond motifs is 1. The maximum Gasteiger partial charge on any atom is 0.321 e. The molecule has 0 bridgehead atoms. The van der Waals surface area contributed by atoms with Crippen LogP contribution < -0.4 is 10.6 Å². The number of ketones is 1. The Morgan fingerprint density at radius 3 is 2.61 bits per heavy atom. The van der Waals surface area contributed by atoms with Crippen molar-refractivity contribution in [2.24, 2.45) is 0 Å². The summed E-state index contributed by atoms with van der Waals surface area (Å²) >= 11 is 1.41. The first-order valence-electron chi connectivity index (χ1n) is 9.89. The van der Waals surface area contributed by atoms with E-state index in [9.17, 15) is 9.59 Å². The lowest BCUT2D eigenvalue weighted by atomic mass is 10.0. The molecule has 0 atom stereocenters. The Hall–Kier alpha value is -3.65. The molecule has 0 radical (unpaired) electrons. The molecular weight excluding hydrogens is 410 g/mol. The van der Waals surface area contributed by atoms with Crippen LogP contribution in [0.3, 0.4) is 0 Å². The molecule has 0 saturated heterocycles. The molecule has 4 rings (SSSR count). The molecule has 156 valence electrons. The van der Waals surface area contributed by atoms with Crippen LogP contribution in [0.4, 0.5) is 9.93 Å². The summed E-state index contributed by atoms with van der Waals surface area (Å²) in [7, 11) is 0. The predicted octanol–water partition coefficient (Wildman–Crippen LogP) is 4.69. The highest BCUT2D eigenvalue weighted by Gasteiger charge is 2.15. The highest BCUT2D eigenvalue weighted by Crippen LogP contribution is 2.38. The fourth-order valence-electron chi connectivity index (χ4n) is 3.22. The van der Waals surface area contributed by atoms with E-state index in [2.05, 4.69) is 31.7 Å². The number of urea groups is 1. The zero-order valence-electron chi connectivity index (χ0n) is 17.2. The van der Waals surface area contributed by atoms with Crippen molar-refractivity contribution in [1.82, 2.24) is 20.3 Å². The van der Waals surface area contributed by atoms with E-state index in [0.717, 1.165) is 38.3 Å². The Morgan fingerprint density at radius 2 is 1.94 bits per heavy atom. The van der Waals surface area contributed by atoms with Gasteiger partial charge in [-0.3, -0.25) is 20.1 Å². The molecule has 0 aliphatic rings. The van der Waals surface area contributed by atoms with Crippen molar-refractivity contribution in [1.29, 1.82) is 0 Å². The second kappa shape index (κ2) is 9.01. The minimum Gasteiger partial charge on any atom is -0.338 e. The van der Waals surface area contributed by atoms with Crippen molar-refractivity contribution in [3.8, 4) is 22.4 Å². The van der Waals surface area contributed by atoms with Gasteiger partial charge in [-0.05, 0) is 49.7 Å². The average Bonchev–Trinajstić information content (AvgIpc) is 3.16. The van der Waals surface area contributed by atoms with E-state index in [1.165, 1.54) is 11.3 Å². The van der Waals surface area contributed by atoms with Crippen LogP contribution in [-0.2, 0) is 11.2 Å². The summed E-state index contributed by atoms with van der Waals surface area (Å²) < 4.78 is 0.940. The number of nitrogens with zero attached hydrogens (tertiary/aromatic N) is 3. The maximum absolute atomic E-state index is 11.9. The summed E-state index contributed by atoms with van der Waals surface area (Å²) in [6.07, 6.45) is 3.84. The number of hydrogen-bond acceptors (Lipinski definition) is 6. The molecule has 8 heteroatoms. The Kier molecular flexibility index (Phi) is 5.99. The van der Waals surface area contributed by atoms with Gasteiger partial charge in [0.1, 0.15) is 5.78 Å². The minimum absolute atomic E-state index is 0.0775. The summed E-state index contributed by atoms with van der Waals surface area (Å²) in [6.45, 7) is 3.95. The topological polar surface area (TPSA) is 96.9 Å². The predicted molar refractivity (Wildman–Crippen MR) is 123 cm³/mol. The van der Waals surface area contributed by atoms with E-state index in [4.69, 9.17) is 0 Å². The zero-order chi connectivity index (χ0) is 21.8. The smallest absolute Gasteiger partial charge is 0.321 e. The first-order chi connectivity index (χ1) is 15.0. The Balaban J connectivity index is 1.79. The largest absolute Gasteiger partial charge is 0.338 e. The number of rotatable bonds is 6. The van der Waals surface area contributed by atoms with Crippen molar-refractivity contribution in [2.45, 2.75) is 20.3 Å². The molecule has 0 aliphatic heterocycles. The molecule has 2 amide bonds. The molecule has 0 spiro atoms. The van der Waals surface area contributed by atoms with Crippen LogP contribution in [0.5, 0.6) is 0 Å². The molecule has 31 heavy (non-hydrogen) atoms. The van der Waals surface area contributed by atoms with Gasteiger partial charge in [0, 0.05) is 42.2 Å². The lowest BCUT2D eigenvalue weighted by Gasteiger charge is -2.07. The van der Waals surface area contributed by atoms with E-state index in [0.29, 0.717) is 18.1 Å². The second-order valence-electron chi connectivity index (χ2n) is 7.01. The quantitative estimate of drug-likeness (QED) is 0.461. The third-order valence-electron chi connectivity index (χ3n) is 4.58. The maximum atomic E-state index is 11.9. The van der Waals surface area contributed by atoms with Crippen molar-refractivity contribution in [3.63, 3.8) is 0 Å². The first kappa shape index (κ1) is 20.6. The summed E-state index contributed by atoms with van der Waals surface area (Å²) in [5.74, 6) is 0.0775. The first-order valence-corrected chi connectivity index (χ1v) is 10.7. The van der Waals surface area contributed by atoms with E-state index in [-0.39, 0.29) is 11.8 Å². The van der Waals surface area contributed by atoms with Crippen LogP contribution in [0.2, 0.25) is 0 Å². The molecule has 0 unspecified atom stereocenters. The molecule has 3 heterocycles. The van der Waals surface area contributed by atoms with E-state index in [1.54, 1.807) is 19.3 Å². The lowest BCUT2D eigenvalue weighted by molar-refractivity contribution is -0.116. The van der Waals surface area contributed by atoms with Crippen molar-refractivity contribution in [2.75, 3.05) is 11.9 Å². The molecule has 0 aliphatic carbocycles. The van der Waals surface area contributed by atoms with E-state index in [1.807, 2.05) is 43.3 Å². The van der Waals surface area contributed by atoms with Crippen molar-refractivity contribution in [3.05, 3.63) is 60.6 Å². The monoisotopic (exact) mass is 431 g/mol. The Morgan fingerprint density at radius 1 is 1.06 bits per heavy atom. The van der Waals surface area contributed by atoms with Crippen LogP contribution in [0.25, 0.3) is 32.6 Å². The van der Waals surface area contributed by atoms with Gasteiger partial charge in [-0.2, -0.15) is 0 Å². The van der Waals surface area contributed by atoms with Gasteiger partial charge in [0.2, 0.25) is 0 Å². The van der Waals surface area contributed by atoms with Gasteiger partial charge in [-0.1, -0.05) is 23.5 Å². The van der Waals surface area contributed by atoms with Crippen molar-refractivity contribution >= 4 is 38.5 Å². The number of aromatic nitrogens is 3. The molecular formula is C23H21N5O2S. The molecule has 0 saturated carbocycles. The standard InChI is InChI=1S/C23H21N5O2S/c1-3-24-22(30)28-23-27-20-12-16(15-7-8-17(26-13-15)10-14(2)29)11-18(21(20)31-23)19-6-4-5-9-25-19/h4-9,11-13H,3,10H2,1-2H3,(H2,24,27,28,30). The number of pyridine rings is 2. The van der Waals surface area contributed by atoms with Crippen LogP contribution in [0.1, 0.15) is 19.5 Å². The molecule has 0 fully saturated rings. The van der Waals surface area contributed by atoms with Gasteiger partial charge in [0.05, 0.1) is 15.9 Å². The molecule has 3 aromatic heterocycles. The number of carbonyl (C=O) groups excluding carboxylic acids is 2. The number of benzene rings is 1. The number of thiazole rings is 1. The lowest BCUT2D eigenvalue weighted by Crippen LogP contribution is -2.28. The molecule has 7 nitrogen and oxygen atoms in total. The van der Waals surface area contributed by atoms with Gasteiger partial charge < -0.3 is 5.32 Å². The number of hydrogen-bond donors (Lipinski definition) is 2. The molecule has 2 N–H and O–H groups in total. The average molecular weight is 432 g/mol. The third kappa shape index (κ3) is 4.75. The molecule has 1 aromatic carbocycles. The van der Waals surface area contributed by atoms with Crippen LogP contribution in [-0.4, -0.2) is 33.3 Å². The zero-order valence-corrected chi connectivity index (χ0v) is 18.0. The number of anilines is 1. The van der Waals surface area contributed by atoms with Gasteiger partial charge in [0.15, 0.2) is 5.13 Å². The Labute approximate surface area is 183 Å². The third-order valence-corrected chi connectivity index (χ3v) is 5.60. The fourth-order valence-corrected chi connectivity index (χ4v) is 4.19. The van der Waals surface area contributed by atoms with E-state index >= 15 is 0 Å². The summed E-state index contributed by atoms with van der Waals surface area (Å²) in [6, 6.07) is 13.3. The number of carbonyl (C=O) groups is 2. The normalized spacial score (nSPS) is 10.8. The molecule has 4 aromatic rings. The van der Waals surface area contributed by atoms with Crippen LogP contribution in [0.15, 0.2) is 54.9 Å². The highest BCUT2D eigenvalue weighted by molar-refractivity contribution is 7.22. The van der Waals surface area contributed by atoms with E-state index < -0.39 is 0 Å². The summed E-state index contributed by atoms with van der Waals surface area (Å²) in [5.41, 5.74) is 5.11. The number of nitrogens with one attached hydrogen (secondary N) is 2. The second-order valence-corrected chi connectivity index (χ2v) is 8.01. The number of Topliss-reactive ketones (excluding diaryl/α,β-unsaturated/α-hetero) is 1. The highest BCUT2D eigenvalue weighted by atomic mass is 32.1. The van der Waals surface area contributed by atoms with Crippen molar-refractivity contribution < 1.29 is 9.59 Å². The fraction of sp³-hybridized carbons (Fsp3) is 0.174.